The van der Waals surface area contributed by atoms with Crippen LogP contribution in [0.2, 0.25) is 0 Å². The molecule has 178 valence electrons. The summed E-state index contributed by atoms with van der Waals surface area (Å²) in [5.41, 5.74) is 5.03. The van der Waals surface area contributed by atoms with Crippen LogP contribution >= 0.6 is 40.2 Å². The van der Waals surface area contributed by atoms with Crippen molar-refractivity contribution < 1.29 is 4.74 Å². The number of rotatable bonds is 7. The quantitative estimate of drug-likeness (QED) is 0.132. The van der Waals surface area contributed by atoms with Crippen LogP contribution in [0, 0.1) is 18.3 Å². The summed E-state index contributed by atoms with van der Waals surface area (Å²) in [4.78, 5) is 15.1. The molecule has 0 saturated carbocycles. The van der Waals surface area contributed by atoms with Crippen molar-refractivity contribution in [2.24, 2.45) is 0 Å². The van der Waals surface area contributed by atoms with Crippen molar-refractivity contribution in [3.8, 4) is 6.07 Å². The van der Waals surface area contributed by atoms with Crippen LogP contribution in [0.1, 0.15) is 36.0 Å². The molecular formula is C24H23IN7OPS. The molecule has 0 radical (unpaired) electrons. The number of nitrogens with zero attached hydrogens (tertiary/aromatic N) is 5. The highest BCUT2D eigenvalue weighted by molar-refractivity contribution is 14.2. The van der Waals surface area contributed by atoms with Gasteiger partial charge in [0.25, 0.3) is 0 Å². The van der Waals surface area contributed by atoms with Crippen molar-refractivity contribution in [1.82, 2.24) is 19.3 Å². The Labute approximate surface area is 222 Å². The van der Waals surface area contributed by atoms with Gasteiger partial charge in [-0.1, -0.05) is 12.1 Å². The zero-order valence-corrected chi connectivity index (χ0v) is 23.1. The van der Waals surface area contributed by atoms with Crippen molar-refractivity contribution in [2.45, 2.75) is 30.8 Å². The minimum absolute atomic E-state index is 0.179. The third kappa shape index (κ3) is 5.09. The standard InChI is InChI=1S/C24H23IN7OPS/c1-14-27-23-18(29-17-9-8-15(11-20(17)35-2)19-6-4-10-33-19)12-22(31-24(23)32(14)34-25)30-21-7-3-5-16(13-26)28-21/h3,5,7-9,11-12,19,34H,4,6,10H2,1-2H3,(H2,28,29,30,31). The Morgan fingerprint density at radius 1 is 1.14 bits per heavy atom. The summed E-state index contributed by atoms with van der Waals surface area (Å²) < 4.78 is 7.99. The van der Waals surface area contributed by atoms with Gasteiger partial charge in [0.2, 0.25) is 0 Å². The summed E-state index contributed by atoms with van der Waals surface area (Å²) >= 11 is 4.04. The molecule has 2 unspecified atom stereocenters. The van der Waals surface area contributed by atoms with E-state index in [4.69, 9.17) is 14.7 Å². The van der Waals surface area contributed by atoms with E-state index < -0.39 is 0 Å². The van der Waals surface area contributed by atoms with Crippen LogP contribution in [0.5, 0.6) is 0 Å². The number of hydrogen-bond acceptors (Lipinski definition) is 8. The maximum absolute atomic E-state index is 9.20. The van der Waals surface area contributed by atoms with E-state index in [0.717, 1.165) is 52.7 Å². The molecule has 3 aromatic heterocycles. The summed E-state index contributed by atoms with van der Waals surface area (Å²) in [5.74, 6) is 2.09. The van der Waals surface area contributed by atoms with E-state index in [0.29, 0.717) is 23.7 Å². The smallest absolute Gasteiger partial charge is 0.168 e. The second-order valence-corrected chi connectivity index (χ2v) is 10.9. The molecule has 0 aliphatic carbocycles. The topological polar surface area (TPSA) is 101 Å². The Balaban J connectivity index is 1.55. The molecule has 0 amide bonds. The number of imidazole rings is 1. The van der Waals surface area contributed by atoms with Crippen LogP contribution in [-0.2, 0) is 4.74 Å². The second-order valence-electron chi connectivity index (χ2n) is 8.04. The maximum Gasteiger partial charge on any atom is 0.168 e. The van der Waals surface area contributed by atoms with Crippen molar-refractivity contribution in [1.29, 1.82) is 5.26 Å². The summed E-state index contributed by atoms with van der Waals surface area (Å²) in [5, 5.41) is 16.1. The third-order valence-corrected chi connectivity index (χ3v) is 8.71. The van der Waals surface area contributed by atoms with Gasteiger partial charge in [0.15, 0.2) is 5.65 Å². The highest BCUT2D eigenvalue weighted by Gasteiger charge is 2.20. The van der Waals surface area contributed by atoms with Crippen LogP contribution in [0.3, 0.4) is 0 Å². The zero-order valence-electron chi connectivity index (χ0n) is 19.2. The van der Waals surface area contributed by atoms with E-state index in [-0.39, 0.29) is 6.10 Å². The second kappa shape index (κ2) is 10.7. The third-order valence-electron chi connectivity index (χ3n) is 5.78. The molecule has 8 nitrogen and oxygen atoms in total. The van der Waals surface area contributed by atoms with E-state index in [1.165, 1.54) is 5.56 Å². The molecule has 1 aliphatic rings. The fourth-order valence-corrected chi connectivity index (χ4v) is 6.85. The number of anilines is 4. The van der Waals surface area contributed by atoms with Gasteiger partial charge in [-0.15, -0.1) is 11.8 Å². The number of hydrogen-bond donors (Lipinski definition) is 2. The fourth-order valence-electron chi connectivity index (χ4n) is 4.11. The van der Waals surface area contributed by atoms with Crippen LogP contribution < -0.4 is 10.6 Å². The fraction of sp³-hybridized carbons (Fsp3) is 0.250. The highest BCUT2D eigenvalue weighted by Crippen LogP contribution is 2.39. The average molecular weight is 615 g/mol. The first-order valence-electron chi connectivity index (χ1n) is 11.1. The minimum Gasteiger partial charge on any atom is -0.374 e. The van der Waals surface area contributed by atoms with Gasteiger partial charge in [-0.25, -0.2) is 15.0 Å². The lowest BCUT2D eigenvalue weighted by Crippen LogP contribution is -2.02. The van der Waals surface area contributed by atoms with Gasteiger partial charge in [0.05, 0.1) is 23.9 Å². The molecule has 1 fully saturated rings. The lowest BCUT2D eigenvalue weighted by Gasteiger charge is -2.16. The monoisotopic (exact) mass is 615 g/mol. The SMILES string of the molecule is CSc1cc(C2CCCO2)ccc1Nc1cc(Nc2cccc(C#N)n2)nc2c1nc(C)n2PI. The molecule has 0 bridgehead atoms. The zero-order chi connectivity index (χ0) is 24.4. The number of benzene rings is 1. The van der Waals surface area contributed by atoms with Gasteiger partial charge in [0.1, 0.15) is 34.7 Å². The number of nitrogens with one attached hydrogen (secondary N) is 2. The molecule has 11 heteroatoms. The Kier molecular flexibility index (Phi) is 7.39. The first-order valence-corrected chi connectivity index (χ1v) is 16.4. The molecular weight excluding hydrogens is 592 g/mol. The highest BCUT2D eigenvalue weighted by atomic mass is 127. The van der Waals surface area contributed by atoms with E-state index in [2.05, 4.69) is 72.5 Å². The van der Waals surface area contributed by atoms with E-state index in [1.54, 1.807) is 23.9 Å². The van der Waals surface area contributed by atoms with Crippen molar-refractivity contribution in [3.05, 3.63) is 59.5 Å². The molecule has 4 aromatic rings. The number of pyridine rings is 2. The summed E-state index contributed by atoms with van der Waals surface area (Å²) in [6, 6.07) is 15.8. The number of aromatic nitrogens is 4. The molecule has 4 heterocycles. The molecule has 2 atom stereocenters. The van der Waals surface area contributed by atoms with Crippen LogP contribution in [0.4, 0.5) is 23.0 Å². The molecule has 1 aliphatic heterocycles. The minimum atomic E-state index is 0.179. The van der Waals surface area contributed by atoms with E-state index in [1.807, 2.05) is 19.1 Å². The molecule has 2 N–H and O–H groups in total. The number of ether oxygens (including phenoxy) is 1. The van der Waals surface area contributed by atoms with E-state index in [9.17, 15) is 5.26 Å². The van der Waals surface area contributed by atoms with Crippen LogP contribution in [0.15, 0.2) is 47.4 Å². The molecule has 35 heavy (non-hydrogen) atoms. The van der Waals surface area contributed by atoms with E-state index >= 15 is 0 Å². The molecule has 5 rings (SSSR count). The first-order chi connectivity index (χ1) is 17.1. The van der Waals surface area contributed by atoms with Gasteiger partial charge in [-0.05, 0) is 77.9 Å². The largest absolute Gasteiger partial charge is 0.374 e. The Morgan fingerprint density at radius 2 is 2.03 bits per heavy atom. The Hall–Kier alpha value is -2.45. The van der Waals surface area contributed by atoms with Crippen molar-refractivity contribution >= 4 is 74.4 Å². The number of nitriles is 1. The molecule has 1 saturated heterocycles. The Bertz CT molecular complexity index is 1430. The number of thioether (sulfide) groups is 1. The van der Waals surface area contributed by atoms with Gasteiger partial charge in [-0.2, -0.15) is 5.26 Å². The summed E-state index contributed by atoms with van der Waals surface area (Å²) in [6.45, 7) is 2.82. The van der Waals surface area contributed by atoms with Crippen LogP contribution in [0.25, 0.3) is 11.2 Å². The number of halogens is 1. The molecule has 1 aromatic carbocycles. The van der Waals surface area contributed by atoms with Crippen LogP contribution in [-0.4, -0.2) is 32.2 Å². The van der Waals surface area contributed by atoms with Gasteiger partial charge >= 0.3 is 0 Å². The van der Waals surface area contributed by atoms with Crippen molar-refractivity contribution in [3.63, 3.8) is 0 Å². The maximum atomic E-state index is 9.20. The number of aryl methyl sites for hydroxylation is 1. The van der Waals surface area contributed by atoms with Crippen molar-refractivity contribution in [2.75, 3.05) is 23.5 Å². The first kappa shape index (κ1) is 24.3. The average Bonchev–Trinajstić information content (AvgIpc) is 3.52. The van der Waals surface area contributed by atoms with Gasteiger partial charge < -0.3 is 15.4 Å². The predicted octanol–water partition coefficient (Wildman–Crippen LogP) is 6.86. The summed E-state index contributed by atoms with van der Waals surface area (Å²) in [7, 11) is 0. The van der Waals surface area contributed by atoms with Gasteiger partial charge in [-0.3, -0.25) is 4.34 Å². The molecule has 0 spiro atoms. The Morgan fingerprint density at radius 3 is 2.77 bits per heavy atom. The van der Waals surface area contributed by atoms with Gasteiger partial charge in [0, 0.05) is 17.6 Å². The lowest BCUT2D eigenvalue weighted by atomic mass is 10.1. The summed E-state index contributed by atoms with van der Waals surface area (Å²) in [6.07, 6.45) is 4.89. The predicted molar refractivity (Wildman–Crippen MR) is 152 cm³/mol. The normalized spacial score (nSPS) is 15.7. The lowest BCUT2D eigenvalue weighted by molar-refractivity contribution is 0.112. The number of fused-ring (bicyclic) bond motifs is 1.